The minimum Gasteiger partial charge on any atom is -0.453 e. The molecule has 2 heterocycles. The summed E-state index contributed by atoms with van der Waals surface area (Å²) >= 11 is 6.08. The second kappa shape index (κ2) is 17.2. The normalized spacial score (nSPS) is 17.4. The van der Waals surface area contributed by atoms with Crippen LogP contribution in [0.15, 0.2) is 60.9 Å². The summed E-state index contributed by atoms with van der Waals surface area (Å²) in [6.07, 6.45) is -4.57. The maximum Gasteiger partial charge on any atom is 0.407 e. The van der Waals surface area contributed by atoms with Crippen LogP contribution in [0.4, 0.5) is 37.2 Å². The van der Waals surface area contributed by atoms with Crippen molar-refractivity contribution in [1.82, 2.24) is 20.9 Å². The Bertz CT molecular complexity index is 1590. The molecular weight excluding hydrogens is 681 g/mol. The second-order valence-corrected chi connectivity index (χ2v) is 11.4. The fraction of sp³-hybridized carbons (Fsp3) is 0.375. The van der Waals surface area contributed by atoms with Crippen molar-refractivity contribution >= 4 is 35.4 Å². The number of methoxy groups -OCH3 is 1. The van der Waals surface area contributed by atoms with Crippen LogP contribution >= 0.6 is 11.6 Å². The van der Waals surface area contributed by atoms with Gasteiger partial charge >= 0.3 is 18.4 Å². The molecule has 1 unspecified atom stereocenters. The predicted octanol–water partition coefficient (Wildman–Crippen LogP) is 5.09. The molecule has 4 rings (SSSR count). The van der Waals surface area contributed by atoms with Crippen molar-refractivity contribution in [3.8, 4) is 0 Å². The third-order valence-electron chi connectivity index (χ3n) is 7.51. The van der Waals surface area contributed by atoms with Gasteiger partial charge in [-0.05, 0) is 48.2 Å². The molecule has 0 spiro atoms. The zero-order valence-electron chi connectivity index (χ0n) is 26.0. The van der Waals surface area contributed by atoms with E-state index in [0.717, 1.165) is 13.3 Å². The third-order valence-corrected chi connectivity index (χ3v) is 7.76. The first kappa shape index (κ1) is 37.3. The van der Waals surface area contributed by atoms with Crippen LogP contribution in [0.1, 0.15) is 29.0 Å². The number of alkyl carbamates (subject to hydrolysis) is 2. The van der Waals surface area contributed by atoms with Crippen LogP contribution < -0.4 is 21.3 Å². The van der Waals surface area contributed by atoms with E-state index in [1.165, 1.54) is 24.4 Å². The summed E-state index contributed by atoms with van der Waals surface area (Å²) in [6.45, 7) is -1.44. The molecule has 1 aromatic heterocycles. The lowest BCUT2D eigenvalue weighted by molar-refractivity contribution is -0.124. The van der Waals surface area contributed by atoms with Crippen LogP contribution in [0.2, 0.25) is 5.02 Å². The molecule has 0 radical (unpaired) electrons. The average Bonchev–Trinajstić information content (AvgIpc) is 3.06. The Hall–Kier alpha value is -4.54. The molecule has 2 aromatic carbocycles. The van der Waals surface area contributed by atoms with Crippen LogP contribution in [-0.4, -0.2) is 80.9 Å². The maximum absolute atomic E-state index is 15.1. The monoisotopic (exact) mass is 713 g/mol. The Labute approximate surface area is 282 Å². The first-order chi connectivity index (χ1) is 23.3. The summed E-state index contributed by atoms with van der Waals surface area (Å²) in [5.41, 5.74) is 0.987. The number of nitrogens with zero attached hydrogens (tertiary/aromatic N) is 1. The molecule has 0 saturated carbocycles. The smallest absolute Gasteiger partial charge is 0.407 e. The Kier molecular flexibility index (Phi) is 13.1. The molecule has 17 heteroatoms. The number of carbonyl (C=O) groups excluding carboxylic acids is 3. The van der Waals surface area contributed by atoms with Crippen molar-refractivity contribution in [2.75, 3.05) is 38.7 Å². The van der Waals surface area contributed by atoms with Crippen LogP contribution in [0.5, 0.6) is 0 Å². The van der Waals surface area contributed by atoms with Gasteiger partial charge in [-0.25, -0.2) is 18.4 Å². The molecule has 0 bridgehead atoms. The topological polar surface area (TPSA) is 140 Å². The SMILES string of the molecule is COC(=O)N[C@H](C(=O)Nc1cncc(F)c1CC[C@@H]1CN[C@H](COC(=O)NCC(F)(F)F)CO1)C(c1ccc(Cl)cc1)c1cccc(F)c1. The molecule has 4 N–H and O–H groups in total. The number of anilines is 1. The van der Waals surface area contributed by atoms with Gasteiger partial charge in [0.05, 0.1) is 43.9 Å². The Balaban J connectivity index is 1.45. The zero-order chi connectivity index (χ0) is 35.6. The van der Waals surface area contributed by atoms with Gasteiger partial charge in [0.1, 0.15) is 30.8 Å². The van der Waals surface area contributed by atoms with E-state index < -0.39 is 66.6 Å². The fourth-order valence-electron chi connectivity index (χ4n) is 5.13. The Morgan fingerprint density at radius 1 is 1.08 bits per heavy atom. The second-order valence-electron chi connectivity index (χ2n) is 11.0. The van der Waals surface area contributed by atoms with Crippen molar-refractivity contribution in [2.45, 2.75) is 43.1 Å². The molecule has 0 aliphatic carbocycles. The first-order valence-electron chi connectivity index (χ1n) is 14.9. The minimum absolute atomic E-state index is 0.0238. The summed E-state index contributed by atoms with van der Waals surface area (Å²) in [5, 5.41) is 10.3. The largest absolute Gasteiger partial charge is 0.453 e. The van der Waals surface area contributed by atoms with Gasteiger partial charge in [-0.3, -0.25) is 9.78 Å². The third kappa shape index (κ3) is 11.3. The number of halogens is 6. The minimum atomic E-state index is -4.57. The van der Waals surface area contributed by atoms with Gasteiger partial charge in [-0.2, -0.15) is 13.2 Å². The summed E-state index contributed by atoms with van der Waals surface area (Å²) in [7, 11) is 1.12. The van der Waals surface area contributed by atoms with Gasteiger partial charge in [0.15, 0.2) is 0 Å². The number of alkyl halides is 3. The van der Waals surface area contributed by atoms with E-state index in [1.54, 1.807) is 35.6 Å². The summed E-state index contributed by atoms with van der Waals surface area (Å²) < 4.78 is 81.6. The molecule has 11 nitrogen and oxygen atoms in total. The molecule has 49 heavy (non-hydrogen) atoms. The van der Waals surface area contributed by atoms with E-state index >= 15 is 4.39 Å². The lowest BCUT2D eigenvalue weighted by Gasteiger charge is -2.30. The van der Waals surface area contributed by atoms with Gasteiger partial charge in [0, 0.05) is 23.0 Å². The van der Waals surface area contributed by atoms with Gasteiger partial charge in [-0.1, -0.05) is 35.9 Å². The standard InChI is InChI=1S/C32H33ClF5N5O6/c1-47-31(46)43-28(27(18-5-7-20(33)8-6-18)19-3-2-4-21(34)11-19)29(44)42-26-14-39-13-25(35)24(26)10-9-23-12-40-22(15-48-23)16-49-30(45)41-17-32(36,37)38/h2-8,11,13-14,22-23,27-28,40H,9-10,12,15-17H2,1H3,(H,41,45)(H,42,44)(H,43,46)/t22-,23+,27?,28-/m0/s1. The molecular formula is C32H33ClF5N5O6. The van der Waals surface area contributed by atoms with Crippen molar-refractivity contribution in [3.63, 3.8) is 0 Å². The lowest BCUT2D eigenvalue weighted by atomic mass is 9.84. The summed E-state index contributed by atoms with van der Waals surface area (Å²) in [5.74, 6) is -3.00. The molecule has 1 saturated heterocycles. The number of hydrogen-bond donors (Lipinski definition) is 4. The van der Waals surface area contributed by atoms with E-state index in [4.69, 9.17) is 25.8 Å². The van der Waals surface area contributed by atoms with E-state index in [-0.39, 0.29) is 43.9 Å². The Morgan fingerprint density at radius 2 is 1.84 bits per heavy atom. The zero-order valence-corrected chi connectivity index (χ0v) is 26.7. The molecule has 1 fully saturated rings. The maximum atomic E-state index is 15.1. The molecule has 1 aliphatic rings. The predicted molar refractivity (Wildman–Crippen MR) is 167 cm³/mol. The lowest BCUT2D eigenvalue weighted by Crippen LogP contribution is -2.49. The number of nitrogens with one attached hydrogen (secondary N) is 4. The summed E-state index contributed by atoms with van der Waals surface area (Å²) in [4.78, 5) is 41.7. The number of ether oxygens (including phenoxy) is 3. The van der Waals surface area contributed by atoms with E-state index in [1.807, 2.05) is 0 Å². The molecule has 4 atom stereocenters. The van der Waals surface area contributed by atoms with Crippen molar-refractivity contribution in [1.29, 1.82) is 0 Å². The van der Waals surface area contributed by atoms with Crippen LogP contribution in [-0.2, 0) is 25.4 Å². The van der Waals surface area contributed by atoms with Gasteiger partial charge in [0.2, 0.25) is 5.91 Å². The fourth-order valence-corrected chi connectivity index (χ4v) is 5.26. The average molecular weight is 714 g/mol. The van der Waals surface area contributed by atoms with E-state index in [9.17, 15) is 31.9 Å². The number of amides is 3. The molecule has 3 aromatic rings. The quantitative estimate of drug-likeness (QED) is 0.191. The highest BCUT2D eigenvalue weighted by atomic mass is 35.5. The Morgan fingerprint density at radius 3 is 2.49 bits per heavy atom. The number of carbonyl (C=O) groups is 3. The van der Waals surface area contributed by atoms with Crippen LogP contribution in [0.3, 0.4) is 0 Å². The molecule has 3 amide bonds. The number of benzene rings is 2. The van der Waals surface area contributed by atoms with E-state index in [2.05, 4.69) is 20.9 Å². The highest BCUT2D eigenvalue weighted by molar-refractivity contribution is 6.30. The highest BCUT2D eigenvalue weighted by Gasteiger charge is 2.34. The van der Waals surface area contributed by atoms with Gasteiger partial charge in [0.25, 0.3) is 0 Å². The van der Waals surface area contributed by atoms with E-state index in [0.29, 0.717) is 16.1 Å². The summed E-state index contributed by atoms with van der Waals surface area (Å²) in [6, 6.07) is 10.1. The molecule has 264 valence electrons. The first-order valence-corrected chi connectivity index (χ1v) is 15.3. The number of aromatic nitrogens is 1. The van der Waals surface area contributed by atoms with Crippen molar-refractivity contribution < 1.29 is 50.5 Å². The van der Waals surface area contributed by atoms with Gasteiger partial charge in [-0.15, -0.1) is 0 Å². The number of morpholine rings is 1. The van der Waals surface area contributed by atoms with Crippen LogP contribution in [0.25, 0.3) is 0 Å². The highest BCUT2D eigenvalue weighted by Crippen LogP contribution is 2.31. The van der Waals surface area contributed by atoms with Crippen LogP contribution in [0, 0.1) is 11.6 Å². The number of pyridine rings is 1. The van der Waals surface area contributed by atoms with Crippen molar-refractivity contribution in [2.24, 2.45) is 0 Å². The number of rotatable bonds is 12. The molecule has 1 aliphatic heterocycles. The van der Waals surface area contributed by atoms with Crippen molar-refractivity contribution in [3.05, 3.63) is 94.3 Å². The van der Waals surface area contributed by atoms with Gasteiger partial charge < -0.3 is 35.5 Å². The number of hydrogen-bond acceptors (Lipinski definition) is 8.